The molecule has 0 radical (unpaired) electrons. The number of nitrogens with one attached hydrogen (secondary N) is 1. The van der Waals surface area contributed by atoms with Crippen LogP contribution in [0.1, 0.15) is 76.5 Å². The predicted octanol–water partition coefficient (Wildman–Crippen LogP) is 9.62. The summed E-state index contributed by atoms with van der Waals surface area (Å²) < 4.78 is 62.0. The number of quaternary nitrogens is 2. The second kappa shape index (κ2) is 19.3. The highest BCUT2D eigenvalue weighted by Gasteiger charge is 2.45. The van der Waals surface area contributed by atoms with Gasteiger partial charge in [0.1, 0.15) is 9.80 Å². The first-order valence-electron chi connectivity index (χ1n) is 22.8. The molecule has 66 heavy (non-hydrogen) atoms. The van der Waals surface area contributed by atoms with Crippen LogP contribution < -0.4 is 10.2 Å². The van der Waals surface area contributed by atoms with E-state index in [1.165, 1.54) is 6.07 Å². The van der Waals surface area contributed by atoms with Crippen LogP contribution in [0.15, 0.2) is 122 Å². The van der Waals surface area contributed by atoms with Crippen LogP contribution in [0.3, 0.4) is 0 Å². The quantitative estimate of drug-likeness (QED) is 0.0218. The van der Waals surface area contributed by atoms with Gasteiger partial charge in [0.2, 0.25) is 5.69 Å². The van der Waals surface area contributed by atoms with Crippen molar-refractivity contribution >= 4 is 48.6 Å². The van der Waals surface area contributed by atoms with Gasteiger partial charge < -0.3 is 23.7 Å². The lowest BCUT2D eigenvalue weighted by molar-refractivity contribution is -0.871. The van der Waals surface area contributed by atoms with Crippen LogP contribution in [0.4, 0.5) is 17.1 Å². The van der Waals surface area contributed by atoms with Gasteiger partial charge in [0.15, 0.2) is 12.3 Å². The van der Waals surface area contributed by atoms with Gasteiger partial charge in [-0.25, -0.2) is 4.21 Å². The maximum Gasteiger partial charge on any atom is 0.294 e. The zero-order chi connectivity index (χ0) is 48.5. The fourth-order valence-electron chi connectivity index (χ4n) is 9.46. The van der Waals surface area contributed by atoms with Crippen molar-refractivity contribution in [3.05, 3.63) is 135 Å². The largest absolute Gasteiger partial charge is 0.355 e. The normalized spacial score (nSPS) is 19.4. The van der Waals surface area contributed by atoms with Gasteiger partial charge >= 0.3 is 0 Å². The van der Waals surface area contributed by atoms with E-state index in [-0.39, 0.29) is 4.90 Å². The van der Waals surface area contributed by atoms with E-state index < -0.39 is 30.8 Å². The molecule has 0 saturated heterocycles. The second-order valence-corrected chi connectivity index (χ2v) is 24.2. The minimum atomic E-state index is -4.41. The Bertz CT molecular complexity index is 2780. The van der Waals surface area contributed by atoms with E-state index >= 15 is 0 Å². The van der Waals surface area contributed by atoms with Crippen molar-refractivity contribution in [2.75, 3.05) is 85.2 Å². The van der Waals surface area contributed by atoms with Crippen LogP contribution in [0.25, 0.3) is 10.4 Å². The maximum absolute atomic E-state index is 12.8. The summed E-state index contributed by atoms with van der Waals surface area (Å²) in [6, 6.07) is 18.7. The molecule has 13 nitrogen and oxygen atoms in total. The number of allylic oxidation sites excluding steroid dienone is 7. The summed E-state index contributed by atoms with van der Waals surface area (Å²) in [4.78, 5) is 5.42. The molecular formula is C51H71N8O5S2+3. The Balaban J connectivity index is 1.48. The summed E-state index contributed by atoms with van der Waals surface area (Å²) in [7, 11) is 5.31. The molecule has 1 unspecified atom stereocenters. The zero-order valence-electron chi connectivity index (χ0n) is 40.6. The first kappa shape index (κ1) is 50.4. The molecule has 3 aromatic rings. The van der Waals surface area contributed by atoms with Crippen molar-refractivity contribution in [3.63, 3.8) is 0 Å². The molecule has 0 spiro atoms. The molecule has 1 aliphatic carbocycles. The van der Waals surface area contributed by atoms with E-state index in [4.69, 9.17) is 5.53 Å². The molecule has 0 saturated carbocycles. The second-order valence-electron chi connectivity index (χ2n) is 21.0. The van der Waals surface area contributed by atoms with E-state index in [9.17, 15) is 21.7 Å². The van der Waals surface area contributed by atoms with Crippen LogP contribution in [0, 0.1) is 0 Å². The number of nitrogens with zero attached hydrogens (tertiary/aromatic N) is 7. The molecule has 2 heterocycles. The fourth-order valence-corrected chi connectivity index (χ4v) is 10.5. The number of benzene rings is 3. The van der Waals surface area contributed by atoms with Crippen molar-refractivity contribution in [2.24, 2.45) is 5.11 Å². The topological polar surface area (TPSA) is 159 Å². The Kier molecular flexibility index (Phi) is 14.8. The van der Waals surface area contributed by atoms with Gasteiger partial charge in [0.25, 0.3) is 10.1 Å². The Morgan fingerprint density at radius 3 is 2.14 bits per heavy atom. The molecule has 0 aromatic heterocycles. The van der Waals surface area contributed by atoms with Gasteiger partial charge in [-0.2, -0.15) is 13.0 Å². The maximum atomic E-state index is 12.8. The van der Waals surface area contributed by atoms with Crippen LogP contribution in [-0.2, 0) is 37.2 Å². The lowest BCUT2D eigenvalue weighted by atomic mass is 9.81. The molecule has 354 valence electrons. The number of azide groups is 1. The number of anilines is 2. The summed E-state index contributed by atoms with van der Waals surface area (Å²) >= 11 is 0. The zero-order valence-corrected chi connectivity index (χ0v) is 42.3. The number of hydrogen-bond donors (Lipinski definition) is 3. The average Bonchev–Trinajstić information content (AvgIpc) is 3.56. The Morgan fingerprint density at radius 1 is 0.848 bits per heavy atom. The van der Waals surface area contributed by atoms with Crippen molar-refractivity contribution in [1.82, 2.24) is 0 Å². The molecule has 15 heteroatoms. The number of hydrogen-bond acceptors (Lipinski definition) is 6. The van der Waals surface area contributed by atoms with E-state index in [2.05, 4.69) is 149 Å². The molecule has 6 rings (SSSR count). The van der Waals surface area contributed by atoms with Crippen LogP contribution in [0.5, 0.6) is 0 Å². The fraction of sp³-hybridized carbons (Fsp3) is 0.451. The molecule has 2 aliphatic heterocycles. The molecular weight excluding hydrogens is 869 g/mol. The molecule has 0 bridgehead atoms. The highest BCUT2D eigenvalue weighted by molar-refractivity contribution is 7.95. The van der Waals surface area contributed by atoms with Gasteiger partial charge in [0, 0.05) is 70.3 Å². The highest BCUT2D eigenvalue weighted by Crippen LogP contribution is 2.49. The SMILES string of the molecule is C=S(=O)(O)c1ccc2c(c1)C(C)(C)C(C=CC1=C(Nc3ccc(CCN=[N+]=[N-])cc3)C(=CC=C3N(CCC[N+](C)(C)C)c4ccc(S(=O)(=O)O)cc4C3(C)C)CCC1)=[N+]2CCC[N+](C)(C)C. The number of fused-ring (bicyclic) bond motifs is 2. The third-order valence-electron chi connectivity index (χ3n) is 13.0. The molecule has 3 N–H and O–H groups in total. The molecule has 0 amide bonds. The van der Waals surface area contributed by atoms with Crippen LogP contribution in [-0.4, -0.2) is 122 Å². The first-order valence-corrected chi connectivity index (χ1v) is 25.9. The smallest absolute Gasteiger partial charge is 0.294 e. The average molecular weight is 940 g/mol. The monoisotopic (exact) mass is 939 g/mol. The van der Waals surface area contributed by atoms with E-state index in [0.717, 1.165) is 129 Å². The minimum absolute atomic E-state index is 0.114. The first-order chi connectivity index (χ1) is 30.7. The lowest BCUT2D eigenvalue weighted by Crippen LogP contribution is -2.37. The van der Waals surface area contributed by atoms with Crippen molar-refractivity contribution in [2.45, 2.75) is 86.8 Å². The molecule has 1 atom stereocenters. The van der Waals surface area contributed by atoms with E-state index in [0.29, 0.717) is 17.9 Å². The van der Waals surface area contributed by atoms with Crippen molar-refractivity contribution in [1.29, 1.82) is 0 Å². The molecule has 3 aromatic carbocycles. The van der Waals surface area contributed by atoms with Gasteiger partial charge in [-0.15, -0.1) is 0 Å². The summed E-state index contributed by atoms with van der Waals surface area (Å²) in [6.07, 6.45) is 14.0. The predicted molar refractivity (Wildman–Crippen MR) is 271 cm³/mol. The Labute approximate surface area is 393 Å². The van der Waals surface area contributed by atoms with Gasteiger partial charge in [-0.1, -0.05) is 43.2 Å². The van der Waals surface area contributed by atoms with E-state index in [1.54, 1.807) is 12.1 Å². The lowest BCUT2D eigenvalue weighted by Gasteiger charge is -2.29. The van der Waals surface area contributed by atoms with Crippen LogP contribution >= 0.6 is 0 Å². The Morgan fingerprint density at radius 2 is 1.50 bits per heavy atom. The standard InChI is InChI=1S/C51H68N8O5S2/c1-50(2)43-35-41(65(11,60)61)23-25-45(43)56(31-13-33-58(5,6)7)47(50)27-19-38-15-12-16-39(49(38)54-40-21-17-37(18-22-40)29-30-53-55-52)20-28-48-51(3,4)44-36-42(66(62,63)64)24-26-46(44)57(48)32-14-34-59(8,9)10/h17-28,35-36H,11-16,29-34H2,1-10H3/p+3. The van der Waals surface area contributed by atoms with Gasteiger partial charge in [-0.05, 0) is 122 Å². The van der Waals surface area contributed by atoms with Gasteiger partial charge in [0.05, 0.1) is 77.0 Å². The third-order valence-corrected chi connectivity index (χ3v) is 14.9. The van der Waals surface area contributed by atoms with Crippen molar-refractivity contribution < 1.29 is 35.3 Å². The van der Waals surface area contributed by atoms with Gasteiger partial charge in [-0.3, -0.25) is 4.55 Å². The summed E-state index contributed by atoms with van der Waals surface area (Å²) in [5, 5.41) is 7.53. The summed E-state index contributed by atoms with van der Waals surface area (Å²) in [6.45, 7) is 12.4. The molecule has 3 aliphatic rings. The van der Waals surface area contributed by atoms with E-state index in [1.807, 2.05) is 18.2 Å². The van der Waals surface area contributed by atoms with Crippen molar-refractivity contribution in [3.8, 4) is 0 Å². The summed E-state index contributed by atoms with van der Waals surface area (Å²) in [5.74, 6) is 3.57. The Hall–Kier alpha value is -4.99. The third kappa shape index (κ3) is 11.7. The highest BCUT2D eigenvalue weighted by atomic mass is 32.2. The number of rotatable bonds is 18. The van der Waals surface area contributed by atoms with Crippen LogP contribution in [0.2, 0.25) is 0 Å². The molecule has 0 fully saturated rings. The summed E-state index contributed by atoms with van der Waals surface area (Å²) in [5.41, 5.74) is 19.0. The minimum Gasteiger partial charge on any atom is -0.355 e.